The normalized spacial score (nSPS) is 22.0. The Kier molecular flexibility index (Phi) is 5.41. The zero-order valence-electron chi connectivity index (χ0n) is 15.8. The molecule has 2 aromatic carbocycles. The van der Waals surface area contributed by atoms with Crippen molar-refractivity contribution >= 4 is 11.6 Å². The summed E-state index contributed by atoms with van der Waals surface area (Å²) in [6.45, 7) is 1.76. The van der Waals surface area contributed by atoms with Crippen LogP contribution in [0.15, 0.2) is 42.5 Å². The fraction of sp³-hybridized carbons (Fsp3) is 0.409. The minimum Gasteiger partial charge on any atom is -0.496 e. The molecule has 0 spiro atoms. The number of carbonyl (C=O) groups excluding carboxylic acids is 1. The number of ether oxygens (including phenoxy) is 1. The third-order valence-corrected chi connectivity index (χ3v) is 5.57. The van der Waals surface area contributed by atoms with Crippen LogP contribution in [0.5, 0.6) is 5.75 Å². The molecule has 0 aliphatic carbocycles. The van der Waals surface area contributed by atoms with E-state index in [1.807, 2.05) is 0 Å². The standard InChI is InChI=1S/C22H27N3O2/c1-27-20-13-16-9-10-21(26)25-19(16)12-17(20)14-24-18-8-5-11-23-22(18)15-6-3-2-4-7-15/h2-4,6-7,12-13,18,22-24H,5,8-11,14H2,1H3,(H,25,26). The molecule has 1 amide bonds. The highest BCUT2D eigenvalue weighted by Gasteiger charge is 2.26. The highest BCUT2D eigenvalue weighted by atomic mass is 16.5. The molecule has 2 unspecified atom stereocenters. The molecule has 2 atom stereocenters. The number of hydrogen-bond donors (Lipinski definition) is 3. The molecule has 0 radical (unpaired) electrons. The number of nitrogens with one attached hydrogen (secondary N) is 3. The molecule has 4 rings (SSSR count). The summed E-state index contributed by atoms with van der Waals surface area (Å²) in [6.07, 6.45) is 3.61. The van der Waals surface area contributed by atoms with Gasteiger partial charge in [0.05, 0.1) is 7.11 Å². The number of piperidine rings is 1. The van der Waals surface area contributed by atoms with Gasteiger partial charge in [-0.3, -0.25) is 4.79 Å². The zero-order chi connectivity index (χ0) is 18.6. The van der Waals surface area contributed by atoms with Crippen LogP contribution in [-0.2, 0) is 17.8 Å². The number of amides is 1. The number of fused-ring (bicyclic) bond motifs is 1. The van der Waals surface area contributed by atoms with E-state index in [4.69, 9.17) is 4.74 Å². The Morgan fingerprint density at radius 2 is 2.04 bits per heavy atom. The molecule has 0 bridgehead atoms. The number of benzene rings is 2. The second-order valence-corrected chi connectivity index (χ2v) is 7.34. The van der Waals surface area contributed by atoms with Gasteiger partial charge >= 0.3 is 0 Å². The summed E-state index contributed by atoms with van der Waals surface area (Å²) < 4.78 is 5.62. The molecule has 5 heteroatoms. The number of aryl methyl sites for hydroxylation is 1. The van der Waals surface area contributed by atoms with Crippen molar-refractivity contribution in [3.63, 3.8) is 0 Å². The summed E-state index contributed by atoms with van der Waals surface area (Å²) in [4.78, 5) is 11.7. The van der Waals surface area contributed by atoms with Crippen LogP contribution in [0.2, 0.25) is 0 Å². The Labute approximate surface area is 160 Å². The van der Waals surface area contributed by atoms with Crippen molar-refractivity contribution in [2.45, 2.75) is 44.3 Å². The minimum absolute atomic E-state index is 0.0900. The summed E-state index contributed by atoms with van der Waals surface area (Å²) in [5, 5.41) is 10.4. The van der Waals surface area contributed by atoms with Crippen molar-refractivity contribution in [3.05, 3.63) is 59.2 Å². The minimum atomic E-state index is 0.0900. The van der Waals surface area contributed by atoms with E-state index in [1.54, 1.807) is 7.11 Å². The molecule has 2 heterocycles. The smallest absolute Gasteiger partial charge is 0.224 e. The van der Waals surface area contributed by atoms with E-state index in [2.05, 4.69) is 58.4 Å². The molecule has 2 aliphatic rings. The van der Waals surface area contributed by atoms with Crippen LogP contribution in [0.25, 0.3) is 0 Å². The second kappa shape index (κ2) is 8.11. The van der Waals surface area contributed by atoms with Gasteiger partial charge < -0.3 is 20.7 Å². The van der Waals surface area contributed by atoms with Crippen molar-refractivity contribution < 1.29 is 9.53 Å². The maximum Gasteiger partial charge on any atom is 0.224 e. The van der Waals surface area contributed by atoms with Gasteiger partial charge in [-0.1, -0.05) is 30.3 Å². The quantitative estimate of drug-likeness (QED) is 0.762. The first-order chi connectivity index (χ1) is 13.2. The van der Waals surface area contributed by atoms with Crippen LogP contribution in [0.4, 0.5) is 5.69 Å². The SMILES string of the molecule is COc1cc2c(cc1CNC1CCCNC1c1ccccc1)NC(=O)CC2. The van der Waals surface area contributed by atoms with Gasteiger partial charge in [0.15, 0.2) is 0 Å². The van der Waals surface area contributed by atoms with Crippen LogP contribution in [0.1, 0.15) is 42.0 Å². The predicted molar refractivity (Wildman–Crippen MR) is 107 cm³/mol. The Bertz CT molecular complexity index is 807. The lowest BCUT2D eigenvalue weighted by atomic mass is 9.92. The average molecular weight is 365 g/mol. The number of rotatable bonds is 5. The van der Waals surface area contributed by atoms with Crippen LogP contribution >= 0.6 is 0 Å². The molecule has 2 aliphatic heterocycles. The van der Waals surface area contributed by atoms with Gasteiger partial charge in [0.2, 0.25) is 5.91 Å². The van der Waals surface area contributed by atoms with Crippen LogP contribution < -0.4 is 20.7 Å². The largest absolute Gasteiger partial charge is 0.496 e. The summed E-state index contributed by atoms with van der Waals surface area (Å²) in [5.41, 5.74) is 4.47. The third-order valence-electron chi connectivity index (χ3n) is 5.57. The molecule has 0 aromatic heterocycles. The van der Waals surface area contributed by atoms with E-state index in [-0.39, 0.29) is 5.91 Å². The van der Waals surface area contributed by atoms with E-state index in [0.717, 1.165) is 42.0 Å². The van der Waals surface area contributed by atoms with Gasteiger partial charge in [0, 0.05) is 36.3 Å². The lowest BCUT2D eigenvalue weighted by Crippen LogP contribution is -2.45. The zero-order valence-corrected chi connectivity index (χ0v) is 15.8. The monoisotopic (exact) mass is 365 g/mol. The molecular weight excluding hydrogens is 338 g/mol. The topological polar surface area (TPSA) is 62.4 Å². The average Bonchev–Trinajstić information content (AvgIpc) is 2.72. The molecule has 2 aromatic rings. The molecule has 1 fully saturated rings. The van der Waals surface area contributed by atoms with Crippen molar-refractivity contribution in [2.24, 2.45) is 0 Å². The Morgan fingerprint density at radius 3 is 2.85 bits per heavy atom. The van der Waals surface area contributed by atoms with Gasteiger partial charge in [-0.25, -0.2) is 0 Å². The molecule has 5 nitrogen and oxygen atoms in total. The molecule has 0 saturated carbocycles. The van der Waals surface area contributed by atoms with Crippen LogP contribution in [0, 0.1) is 0 Å². The van der Waals surface area contributed by atoms with E-state index >= 15 is 0 Å². The molecular formula is C22H27N3O2. The Morgan fingerprint density at radius 1 is 1.19 bits per heavy atom. The van der Waals surface area contributed by atoms with Gasteiger partial charge in [-0.2, -0.15) is 0 Å². The highest BCUT2D eigenvalue weighted by Crippen LogP contribution is 2.31. The van der Waals surface area contributed by atoms with Gasteiger partial charge in [-0.15, -0.1) is 0 Å². The number of hydrogen-bond acceptors (Lipinski definition) is 4. The van der Waals surface area contributed by atoms with Gasteiger partial charge in [0.1, 0.15) is 5.75 Å². The maximum atomic E-state index is 11.7. The van der Waals surface area contributed by atoms with Crippen LogP contribution in [-0.4, -0.2) is 25.6 Å². The lowest BCUT2D eigenvalue weighted by molar-refractivity contribution is -0.116. The summed E-state index contributed by atoms with van der Waals surface area (Å²) in [6, 6.07) is 15.4. The fourth-order valence-electron chi connectivity index (χ4n) is 4.14. The molecule has 1 saturated heterocycles. The Balaban J connectivity index is 1.51. The van der Waals surface area contributed by atoms with Crippen LogP contribution in [0.3, 0.4) is 0 Å². The van der Waals surface area contributed by atoms with Crippen molar-refractivity contribution in [2.75, 3.05) is 19.0 Å². The summed E-state index contributed by atoms with van der Waals surface area (Å²) >= 11 is 0. The van der Waals surface area contributed by atoms with Gasteiger partial charge in [0.25, 0.3) is 0 Å². The highest BCUT2D eigenvalue weighted by molar-refractivity contribution is 5.94. The van der Waals surface area contributed by atoms with Crippen molar-refractivity contribution in [3.8, 4) is 5.75 Å². The number of methoxy groups -OCH3 is 1. The van der Waals surface area contributed by atoms with E-state index in [0.29, 0.717) is 25.0 Å². The first-order valence-corrected chi connectivity index (χ1v) is 9.76. The lowest BCUT2D eigenvalue weighted by Gasteiger charge is -2.34. The van der Waals surface area contributed by atoms with Crippen molar-refractivity contribution in [1.82, 2.24) is 10.6 Å². The molecule has 27 heavy (non-hydrogen) atoms. The number of carbonyl (C=O) groups is 1. The Hall–Kier alpha value is -2.37. The molecule has 142 valence electrons. The number of anilines is 1. The van der Waals surface area contributed by atoms with Gasteiger partial charge in [-0.05, 0) is 49.1 Å². The molecule has 3 N–H and O–H groups in total. The van der Waals surface area contributed by atoms with Crippen molar-refractivity contribution in [1.29, 1.82) is 0 Å². The van der Waals surface area contributed by atoms with E-state index in [1.165, 1.54) is 12.0 Å². The first kappa shape index (κ1) is 18.0. The third kappa shape index (κ3) is 3.99. The predicted octanol–water partition coefficient (Wildman–Crippen LogP) is 3.16. The van der Waals surface area contributed by atoms with E-state index < -0.39 is 0 Å². The fourth-order valence-corrected chi connectivity index (χ4v) is 4.14. The first-order valence-electron chi connectivity index (χ1n) is 9.76. The van der Waals surface area contributed by atoms with E-state index in [9.17, 15) is 4.79 Å². The second-order valence-electron chi connectivity index (χ2n) is 7.34. The summed E-state index contributed by atoms with van der Waals surface area (Å²) in [7, 11) is 1.71. The maximum absolute atomic E-state index is 11.7. The summed E-state index contributed by atoms with van der Waals surface area (Å²) in [5.74, 6) is 0.977.